The maximum Gasteiger partial charge on any atom is 0.230 e. The van der Waals surface area contributed by atoms with Crippen LogP contribution in [-0.2, 0) is 17.0 Å². The number of thioether (sulfide) groups is 1. The van der Waals surface area contributed by atoms with Crippen LogP contribution in [0.15, 0.2) is 48.5 Å². The van der Waals surface area contributed by atoms with Crippen molar-refractivity contribution in [3.8, 4) is 5.75 Å². The van der Waals surface area contributed by atoms with Gasteiger partial charge in [-0.15, -0.1) is 11.8 Å². The van der Waals surface area contributed by atoms with Crippen LogP contribution in [0.1, 0.15) is 11.1 Å². The van der Waals surface area contributed by atoms with Gasteiger partial charge >= 0.3 is 0 Å². The fourth-order valence-electron chi connectivity index (χ4n) is 2.03. The van der Waals surface area contributed by atoms with E-state index in [1.165, 1.54) is 11.1 Å². The quantitative estimate of drug-likeness (QED) is 0.784. The first-order valence-corrected chi connectivity index (χ1v) is 8.92. The molecule has 0 atom stereocenters. The fourth-order valence-corrected chi connectivity index (χ4v) is 2.98. The molecule has 0 unspecified atom stereocenters. The third-order valence-electron chi connectivity index (χ3n) is 3.31. The Morgan fingerprint density at radius 3 is 2.39 bits per heavy atom. The molecule has 0 aliphatic rings. The minimum Gasteiger partial charge on any atom is -0.497 e. The molecule has 1 N–H and O–H groups in total. The maximum atomic E-state index is 11.8. The Morgan fingerprint density at radius 2 is 1.74 bits per heavy atom. The summed E-state index contributed by atoms with van der Waals surface area (Å²) in [5.74, 6) is 2.18. The molecule has 122 valence electrons. The van der Waals surface area contributed by atoms with Gasteiger partial charge in [-0.05, 0) is 41.8 Å². The van der Waals surface area contributed by atoms with E-state index in [9.17, 15) is 4.79 Å². The minimum atomic E-state index is 0.0671. The lowest BCUT2D eigenvalue weighted by atomic mass is 10.1. The van der Waals surface area contributed by atoms with Crippen molar-refractivity contribution in [2.75, 3.05) is 19.4 Å². The van der Waals surface area contributed by atoms with E-state index in [2.05, 4.69) is 5.32 Å². The zero-order valence-corrected chi connectivity index (χ0v) is 14.6. The molecule has 0 spiro atoms. The lowest BCUT2D eigenvalue weighted by Crippen LogP contribution is -2.27. The summed E-state index contributed by atoms with van der Waals surface area (Å²) in [4.78, 5) is 11.8. The monoisotopic (exact) mass is 349 g/mol. The zero-order chi connectivity index (χ0) is 16.5. The Bertz CT molecular complexity index is 614. The molecule has 0 saturated carbocycles. The van der Waals surface area contributed by atoms with Crippen molar-refractivity contribution in [1.82, 2.24) is 5.32 Å². The number of carbonyl (C=O) groups is 1. The second-order valence-corrected chi connectivity index (χ2v) is 6.49. The van der Waals surface area contributed by atoms with Crippen molar-refractivity contribution in [3.05, 3.63) is 64.7 Å². The SMILES string of the molecule is COc1ccc(CCNC(=O)CSCc2ccc(Cl)cc2)cc1. The first-order chi connectivity index (χ1) is 11.2. The van der Waals surface area contributed by atoms with Crippen molar-refractivity contribution in [3.63, 3.8) is 0 Å². The highest BCUT2D eigenvalue weighted by molar-refractivity contribution is 7.99. The van der Waals surface area contributed by atoms with Crippen LogP contribution >= 0.6 is 23.4 Å². The molecule has 0 saturated heterocycles. The highest BCUT2D eigenvalue weighted by Gasteiger charge is 2.02. The predicted octanol–water partition coefficient (Wildman–Crippen LogP) is 3.94. The van der Waals surface area contributed by atoms with Gasteiger partial charge in [-0.25, -0.2) is 0 Å². The van der Waals surface area contributed by atoms with E-state index in [-0.39, 0.29) is 5.91 Å². The molecule has 0 heterocycles. The Hall–Kier alpha value is -1.65. The molecule has 0 aliphatic heterocycles. The number of carbonyl (C=O) groups excluding carboxylic acids is 1. The summed E-state index contributed by atoms with van der Waals surface area (Å²) >= 11 is 7.44. The topological polar surface area (TPSA) is 38.3 Å². The summed E-state index contributed by atoms with van der Waals surface area (Å²) < 4.78 is 5.12. The molecule has 2 aromatic carbocycles. The minimum absolute atomic E-state index is 0.0671. The third-order valence-corrected chi connectivity index (χ3v) is 4.57. The highest BCUT2D eigenvalue weighted by atomic mass is 35.5. The summed E-state index contributed by atoms with van der Waals surface area (Å²) in [6.07, 6.45) is 0.817. The summed E-state index contributed by atoms with van der Waals surface area (Å²) in [5, 5.41) is 3.67. The second-order valence-electron chi connectivity index (χ2n) is 5.07. The molecule has 23 heavy (non-hydrogen) atoms. The number of rotatable bonds is 8. The predicted molar refractivity (Wildman–Crippen MR) is 97.3 cm³/mol. The molecule has 1 amide bonds. The van der Waals surface area contributed by atoms with Crippen molar-refractivity contribution in [2.45, 2.75) is 12.2 Å². The summed E-state index contributed by atoms with van der Waals surface area (Å²) in [5.41, 5.74) is 2.35. The van der Waals surface area contributed by atoms with E-state index in [0.29, 0.717) is 12.3 Å². The smallest absolute Gasteiger partial charge is 0.230 e. The number of halogens is 1. The maximum absolute atomic E-state index is 11.8. The molecule has 3 nitrogen and oxygen atoms in total. The van der Waals surface area contributed by atoms with E-state index in [4.69, 9.17) is 16.3 Å². The van der Waals surface area contributed by atoms with Gasteiger partial charge in [0.2, 0.25) is 5.91 Å². The molecule has 0 aromatic heterocycles. The Kier molecular flexibility index (Phi) is 7.30. The van der Waals surface area contributed by atoms with E-state index in [1.54, 1.807) is 18.9 Å². The van der Waals surface area contributed by atoms with Gasteiger partial charge in [0.1, 0.15) is 5.75 Å². The largest absolute Gasteiger partial charge is 0.497 e. The summed E-state index contributed by atoms with van der Waals surface area (Å²) in [7, 11) is 1.65. The van der Waals surface area contributed by atoms with Gasteiger partial charge in [0.25, 0.3) is 0 Å². The third kappa shape index (κ3) is 6.55. The summed E-state index contributed by atoms with van der Waals surface area (Å²) in [6, 6.07) is 15.6. The number of benzene rings is 2. The van der Waals surface area contributed by atoms with Crippen molar-refractivity contribution < 1.29 is 9.53 Å². The molecular weight excluding hydrogens is 330 g/mol. The van der Waals surface area contributed by atoms with Gasteiger partial charge < -0.3 is 10.1 Å². The average Bonchev–Trinajstić information content (AvgIpc) is 2.57. The van der Waals surface area contributed by atoms with Crippen LogP contribution in [0.3, 0.4) is 0 Å². The number of methoxy groups -OCH3 is 1. The average molecular weight is 350 g/mol. The zero-order valence-electron chi connectivity index (χ0n) is 13.0. The van der Waals surface area contributed by atoms with Crippen molar-refractivity contribution in [2.24, 2.45) is 0 Å². The molecule has 0 fully saturated rings. The first kappa shape index (κ1) is 17.7. The van der Waals surface area contributed by atoms with Crippen LogP contribution in [0.2, 0.25) is 5.02 Å². The summed E-state index contributed by atoms with van der Waals surface area (Å²) in [6.45, 7) is 0.646. The Morgan fingerprint density at radius 1 is 1.09 bits per heavy atom. The highest BCUT2D eigenvalue weighted by Crippen LogP contribution is 2.15. The molecular formula is C18H20ClNO2S. The van der Waals surface area contributed by atoms with Gasteiger partial charge in [-0.3, -0.25) is 4.79 Å². The van der Waals surface area contributed by atoms with Crippen LogP contribution in [-0.4, -0.2) is 25.3 Å². The van der Waals surface area contributed by atoms with E-state index in [1.807, 2.05) is 48.5 Å². The Balaban J connectivity index is 1.62. The molecule has 2 rings (SSSR count). The second kappa shape index (κ2) is 9.48. The van der Waals surface area contributed by atoms with Crippen LogP contribution in [0.4, 0.5) is 0 Å². The normalized spacial score (nSPS) is 10.3. The molecule has 0 radical (unpaired) electrons. The standard InChI is InChI=1S/C18H20ClNO2S/c1-22-17-8-4-14(5-9-17)10-11-20-18(21)13-23-12-15-2-6-16(19)7-3-15/h2-9H,10-13H2,1H3,(H,20,21). The van der Waals surface area contributed by atoms with Gasteiger partial charge in [-0.2, -0.15) is 0 Å². The van der Waals surface area contributed by atoms with E-state index < -0.39 is 0 Å². The number of hydrogen-bond donors (Lipinski definition) is 1. The van der Waals surface area contributed by atoms with E-state index >= 15 is 0 Å². The van der Waals surface area contributed by atoms with Gasteiger partial charge in [0, 0.05) is 17.3 Å². The van der Waals surface area contributed by atoms with Crippen molar-refractivity contribution >= 4 is 29.3 Å². The number of ether oxygens (including phenoxy) is 1. The first-order valence-electron chi connectivity index (χ1n) is 7.39. The lowest BCUT2D eigenvalue weighted by Gasteiger charge is -2.06. The van der Waals surface area contributed by atoms with Gasteiger partial charge in [0.15, 0.2) is 0 Å². The Labute approximate surface area is 146 Å². The molecule has 5 heteroatoms. The van der Waals surface area contributed by atoms with Crippen LogP contribution < -0.4 is 10.1 Å². The number of amides is 1. The van der Waals surface area contributed by atoms with Gasteiger partial charge in [0.05, 0.1) is 12.9 Å². The molecule has 0 aliphatic carbocycles. The molecule has 2 aromatic rings. The number of nitrogens with one attached hydrogen (secondary N) is 1. The van der Waals surface area contributed by atoms with Crippen LogP contribution in [0, 0.1) is 0 Å². The van der Waals surface area contributed by atoms with E-state index in [0.717, 1.165) is 22.9 Å². The lowest BCUT2D eigenvalue weighted by molar-refractivity contribution is -0.118. The fraction of sp³-hybridized carbons (Fsp3) is 0.278. The van der Waals surface area contributed by atoms with Gasteiger partial charge in [-0.1, -0.05) is 35.9 Å². The van der Waals surface area contributed by atoms with Crippen molar-refractivity contribution in [1.29, 1.82) is 0 Å². The van der Waals surface area contributed by atoms with Crippen LogP contribution in [0.5, 0.6) is 5.75 Å². The number of hydrogen-bond acceptors (Lipinski definition) is 3. The molecule has 0 bridgehead atoms. The van der Waals surface area contributed by atoms with Crippen LogP contribution in [0.25, 0.3) is 0 Å².